The fourth-order valence-corrected chi connectivity index (χ4v) is 2.48. The van der Waals surface area contributed by atoms with Crippen molar-refractivity contribution in [3.8, 4) is 0 Å². The molecular weight excluding hydrogens is 284 g/mol. The Labute approximate surface area is 127 Å². The molecule has 7 heteroatoms. The molecule has 7 nitrogen and oxygen atoms in total. The van der Waals surface area contributed by atoms with Gasteiger partial charge in [-0.15, -0.1) is 0 Å². The van der Waals surface area contributed by atoms with Crippen LogP contribution in [0.25, 0.3) is 5.53 Å². The number of anilines is 1. The third-order valence-corrected chi connectivity index (χ3v) is 3.47. The lowest BCUT2D eigenvalue weighted by Gasteiger charge is -2.30. The molecule has 1 N–H and O–H groups in total. The predicted molar refractivity (Wildman–Crippen MR) is 80.3 cm³/mol. The average molecular weight is 300 g/mol. The second-order valence-corrected chi connectivity index (χ2v) is 4.62. The second kappa shape index (κ2) is 6.24. The summed E-state index contributed by atoms with van der Waals surface area (Å²) in [5.41, 5.74) is 9.98. The lowest BCUT2D eigenvalue weighted by atomic mass is 10.1. The van der Waals surface area contributed by atoms with Crippen molar-refractivity contribution in [3.63, 3.8) is 0 Å². The van der Waals surface area contributed by atoms with Crippen molar-refractivity contribution < 1.29 is 19.5 Å². The van der Waals surface area contributed by atoms with Gasteiger partial charge < -0.3 is 15.5 Å². The molecule has 0 atom stereocenters. The third kappa shape index (κ3) is 2.49. The number of benzene rings is 1. The zero-order valence-corrected chi connectivity index (χ0v) is 12.4. The number of para-hydroxylation sites is 1. The van der Waals surface area contributed by atoms with Gasteiger partial charge in [-0.05, 0) is 26.0 Å². The topological polar surface area (TPSA) is 97.3 Å². The molecule has 114 valence electrons. The van der Waals surface area contributed by atoms with Crippen LogP contribution in [-0.4, -0.2) is 45.5 Å². The molecule has 0 radical (unpaired) electrons. The molecule has 0 aliphatic carbocycles. The van der Waals surface area contributed by atoms with Gasteiger partial charge in [-0.25, -0.2) is 4.79 Å². The molecule has 0 bridgehead atoms. The van der Waals surface area contributed by atoms with E-state index in [1.54, 1.807) is 29.2 Å². The fraction of sp³-hybridized carbons (Fsp3) is 0.267. The van der Waals surface area contributed by atoms with Crippen molar-refractivity contribution in [1.29, 1.82) is 0 Å². The number of carboxylic acid groups (broad SMARTS) is 1. The maximum absolute atomic E-state index is 12.5. The van der Waals surface area contributed by atoms with Crippen LogP contribution in [0.2, 0.25) is 0 Å². The lowest BCUT2D eigenvalue weighted by molar-refractivity contribution is -0.131. The second-order valence-electron chi connectivity index (χ2n) is 4.62. The highest BCUT2D eigenvalue weighted by molar-refractivity contribution is 6.53. The monoisotopic (exact) mass is 300 g/mol. The summed E-state index contributed by atoms with van der Waals surface area (Å²) in [5.74, 6) is -1.46. The van der Waals surface area contributed by atoms with E-state index in [1.807, 2.05) is 13.8 Å². The first-order valence-electron chi connectivity index (χ1n) is 6.90. The number of carbonyl (C=O) groups excluding carboxylic acids is 1. The van der Waals surface area contributed by atoms with Gasteiger partial charge in [0.1, 0.15) is 5.82 Å². The van der Waals surface area contributed by atoms with Gasteiger partial charge in [0.25, 0.3) is 0 Å². The average Bonchev–Trinajstić information content (AvgIpc) is 2.78. The van der Waals surface area contributed by atoms with Gasteiger partial charge in [0.05, 0.1) is 17.3 Å². The molecule has 0 saturated carbocycles. The Kier molecular flexibility index (Phi) is 4.39. The third-order valence-electron chi connectivity index (χ3n) is 3.47. The van der Waals surface area contributed by atoms with E-state index in [9.17, 15) is 9.59 Å². The molecule has 2 rings (SSSR count). The smallest absolute Gasteiger partial charge is 0.389 e. The zero-order valence-electron chi connectivity index (χ0n) is 12.4. The molecule has 0 fully saturated rings. The Morgan fingerprint density at radius 3 is 2.55 bits per heavy atom. The lowest BCUT2D eigenvalue weighted by Crippen LogP contribution is -2.39. The Morgan fingerprint density at radius 2 is 2.00 bits per heavy atom. The van der Waals surface area contributed by atoms with Crippen molar-refractivity contribution in [3.05, 3.63) is 47.3 Å². The van der Waals surface area contributed by atoms with Crippen LogP contribution in [0.15, 0.2) is 36.2 Å². The molecule has 1 aromatic carbocycles. The van der Waals surface area contributed by atoms with Crippen LogP contribution < -0.4 is 4.90 Å². The van der Waals surface area contributed by atoms with Crippen LogP contribution in [0.1, 0.15) is 19.4 Å². The normalized spacial score (nSPS) is 13.9. The number of carboxylic acids is 1. The molecule has 1 amide bonds. The molecular formula is C15H16N4O3. The van der Waals surface area contributed by atoms with Gasteiger partial charge in [-0.1, -0.05) is 12.1 Å². The fourth-order valence-electron chi connectivity index (χ4n) is 2.48. The first-order chi connectivity index (χ1) is 10.5. The van der Waals surface area contributed by atoms with Crippen molar-refractivity contribution >= 4 is 23.3 Å². The molecule has 0 saturated heterocycles. The van der Waals surface area contributed by atoms with E-state index in [2.05, 4.69) is 4.79 Å². The Balaban J connectivity index is 2.65. The summed E-state index contributed by atoms with van der Waals surface area (Å²) < 4.78 is 0. The van der Waals surface area contributed by atoms with E-state index in [0.29, 0.717) is 24.3 Å². The summed E-state index contributed by atoms with van der Waals surface area (Å²) in [4.78, 5) is 29.8. The van der Waals surface area contributed by atoms with E-state index in [0.717, 1.165) is 6.08 Å². The van der Waals surface area contributed by atoms with Crippen molar-refractivity contribution in [2.75, 3.05) is 18.0 Å². The Hall–Kier alpha value is -2.92. The highest BCUT2D eigenvalue weighted by Crippen LogP contribution is 2.32. The first-order valence-corrected chi connectivity index (χ1v) is 6.90. The van der Waals surface area contributed by atoms with Crippen LogP contribution in [0.3, 0.4) is 0 Å². The van der Waals surface area contributed by atoms with Gasteiger partial charge in [-0.2, -0.15) is 4.79 Å². The minimum atomic E-state index is -1.15. The van der Waals surface area contributed by atoms with Gasteiger partial charge in [-0.3, -0.25) is 9.69 Å². The van der Waals surface area contributed by atoms with Crippen molar-refractivity contribution in [2.24, 2.45) is 0 Å². The van der Waals surface area contributed by atoms with Crippen LogP contribution in [0.5, 0.6) is 0 Å². The first kappa shape index (κ1) is 15.5. The summed E-state index contributed by atoms with van der Waals surface area (Å²) in [5, 5.41) is 9.12. The van der Waals surface area contributed by atoms with Crippen molar-refractivity contribution in [2.45, 2.75) is 13.8 Å². The minimum absolute atomic E-state index is 0.0981. The molecule has 1 aromatic rings. The molecule has 1 heterocycles. The molecule has 1 aliphatic heterocycles. The number of carbonyl (C=O) groups is 2. The van der Waals surface area contributed by atoms with Gasteiger partial charge in [0.15, 0.2) is 0 Å². The van der Waals surface area contributed by atoms with Crippen LogP contribution in [0, 0.1) is 0 Å². The molecule has 0 unspecified atom stereocenters. The molecule has 1 aliphatic rings. The number of rotatable bonds is 5. The van der Waals surface area contributed by atoms with E-state index in [4.69, 9.17) is 10.6 Å². The maximum atomic E-state index is 12.5. The maximum Gasteiger partial charge on any atom is 0.389 e. The van der Waals surface area contributed by atoms with Gasteiger partial charge in [0, 0.05) is 13.1 Å². The Bertz CT molecular complexity index is 700. The standard InChI is InChI=1S/C15H16N4O3/c1-3-18(4-2)12(9-13(20)21)19-11-8-6-5-7-10(11)14(17-16)15(19)22/h5-9H,3-4H2,1-2H3,(H,20,21). The SMILES string of the molecule is CCN(CC)C(=CC(=O)O)N1C(=O)C(=[N+]=[N-])c2ccccc21. The summed E-state index contributed by atoms with van der Waals surface area (Å²) in [6, 6.07) is 6.80. The minimum Gasteiger partial charge on any atom is -0.478 e. The van der Waals surface area contributed by atoms with E-state index in [1.165, 1.54) is 4.90 Å². The zero-order chi connectivity index (χ0) is 16.3. The van der Waals surface area contributed by atoms with Crippen LogP contribution in [0.4, 0.5) is 5.69 Å². The highest BCUT2D eigenvalue weighted by Gasteiger charge is 2.43. The van der Waals surface area contributed by atoms with E-state index in [-0.39, 0.29) is 11.5 Å². The summed E-state index contributed by atoms with van der Waals surface area (Å²) in [7, 11) is 0. The molecule has 0 aromatic heterocycles. The van der Waals surface area contributed by atoms with Crippen LogP contribution in [-0.2, 0) is 9.59 Å². The van der Waals surface area contributed by atoms with E-state index >= 15 is 0 Å². The van der Waals surface area contributed by atoms with E-state index < -0.39 is 11.9 Å². The quantitative estimate of drug-likeness (QED) is 0.504. The summed E-state index contributed by atoms with van der Waals surface area (Å²) in [6.07, 6.45) is 0.988. The number of hydrogen-bond acceptors (Lipinski definition) is 3. The largest absolute Gasteiger partial charge is 0.478 e. The van der Waals surface area contributed by atoms with Gasteiger partial charge >= 0.3 is 17.6 Å². The van der Waals surface area contributed by atoms with Gasteiger partial charge in [0.2, 0.25) is 0 Å². The van der Waals surface area contributed by atoms with Crippen LogP contribution >= 0.6 is 0 Å². The number of hydrogen-bond donors (Lipinski definition) is 1. The molecule has 22 heavy (non-hydrogen) atoms. The number of aliphatic carboxylic acids is 1. The van der Waals surface area contributed by atoms with Crippen molar-refractivity contribution in [1.82, 2.24) is 4.90 Å². The predicted octanol–water partition coefficient (Wildman–Crippen LogP) is 1.32. The number of amides is 1. The summed E-state index contributed by atoms with van der Waals surface area (Å²) in [6.45, 7) is 4.81. The molecule has 0 spiro atoms. The Morgan fingerprint density at radius 1 is 1.36 bits per heavy atom. The highest BCUT2D eigenvalue weighted by atomic mass is 16.4. The summed E-state index contributed by atoms with van der Waals surface area (Å²) >= 11 is 0. The number of fused-ring (bicyclic) bond motifs is 1. The number of nitrogens with zero attached hydrogens (tertiary/aromatic N) is 4.